The zero-order valence-electron chi connectivity index (χ0n) is 29.0. The number of likely N-dealkylation sites (N-methyl/N-ethyl adjacent to an activating group) is 1. The monoisotopic (exact) mass is 696 g/mol. The highest BCUT2D eigenvalue weighted by atomic mass is 19.4. The Morgan fingerprint density at radius 3 is 2.26 bits per heavy atom. The van der Waals surface area contributed by atoms with Gasteiger partial charge >= 0.3 is 6.18 Å². The van der Waals surface area contributed by atoms with Gasteiger partial charge in [-0.15, -0.1) is 10.2 Å². The molecule has 11 nitrogen and oxygen atoms in total. The summed E-state index contributed by atoms with van der Waals surface area (Å²) in [6.45, 7) is 10.2. The van der Waals surface area contributed by atoms with E-state index in [1.165, 1.54) is 17.1 Å². The van der Waals surface area contributed by atoms with Crippen LogP contribution in [0.15, 0.2) is 42.5 Å². The molecule has 3 aliphatic heterocycles. The van der Waals surface area contributed by atoms with E-state index in [-0.39, 0.29) is 35.1 Å². The number of carbonyl (C=O) groups excluding carboxylic acids is 2. The summed E-state index contributed by atoms with van der Waals surface area (Å²) in [5.74, 6) is -0.545. The molecule has 0 saturated carbocycles. The number of aromatic hydroxyl groups is 1. The maximum atomic E-state index is 13.4. The minimum absolute atomic E-state index is 0.0117. The fourth-order valence-electron chi connectivity index (χ4n) is 7.39. The molecule has 0 bridgehead atoms. The summed E-state index contributed by atoms with van der Waals surface area (Å²) < 4.78 is 40.2. The van der Waals surface area contributed by atoms with Crippen molar-refractivity contribution in [3.8, 4) is 22.8 Å². The van der Waals surface area contributed by atoms with Gasteiger partial charge in [-0.2, -0.15) is 13.2 Å². The van der Waals surface area contributed by atoms with Crippen molar-refractivity contribution in [2.24, 2.45) is 5.92 Å². The van der Waals surface area contributed by atoms with Crippen LogP contribution >= 0.6 is 0 Å². The highest BCUT2D eigenvalue weighted by Crippen LogP contribution is 2.32. The van der Waals surface area contributed by atoms with Gasteiger partial charge in [-0.3, -0.25) is 24.0 Å². The van der Waals surface area contributed by atoms with E-state index in [1.807, 2.05) is 36.2 Å². The van der Waals surface area contributed by atoms with Crippen LogP contribution in [0.1, 0.15) is 60.8 Å². The number of phenols is 1. The molecule has 2 N–H and O–H groups in total. The summed E-state index contributed by atoms with van der Waals surface area (Å²) in [5, 5.41) is 20.4. The maximum Gasteiger partial charge on any atom is 0.405 e. The summed E-state index contributed by atoms with van der Waals surface area (Å²) in [6.07, 6.45) is -1.52. The number of hydrogen-bond donors (Lipinski definition) is 2. The van der Waals surface area contributed by atoms with E-state index in [9.17, 15) is 27.9 Å². The van der Waals surface area contributed by atoms with Gasteiger partial charge in [-0.1, -0.05) is 26.0 Å². The SMILES string of the molecule is CC(C)c1cc(-c2nnc(C(=O)NCC(F)(F)F)n2-c2ccc(CN3CCN(C(=O)C4CCN([C@H]5CCN(C)C5)CC4)CC3)cc2)ccc1O. The third kappa shape index (κ3) is 8.30. The largest absolute Gasteiger partial charge is 0.508 e. The van der Waals surface area contributed by atoms with Gasteiger partial charge in [-0.05, 0) is 93.3 Å². The molecule has 3 aromatic rings. The number of piperazine rings is 1. The van der Waals surface area contributed by atoms with Gasteiger partial charge in [0.1, 0.15) is 12.3 Å². The standard InChI is InChI=1S/C36H47F3N8O3/c1-24(2)30-20-27(6-9-31(30)48)32-41-42-33(34(49)40-23-36(37,38)39)47(32)28-7-4-25(5-8-28)21-44-16-18-46(19-17-44)35(50)26-10-14-45(15-11-26)29-12-13-43(3)22-29/h4-9,20,24,26,29,48H,10-19,21-23H2,1-3H3,(H,40,49)/t29-/m0/s1. The summed E-state index contributed by atoms with van der Waals surface area (Å²) in [7, 11) is 2.17. The zero-order valence-corrected chi connectivity index (χ0v) is 29.0. The predicted octanol–water partition coefficient (Wildman–Crippen LogP) is 4.12. The normalized spacial score (nSPS) is 20.1. The molecule has 0 unspecified atom stereocenters. The molecule has 0 radical (unpaired) electrons. The number of halogens is 3. The van der Waals surface area contributed by atoms with E-state index < -0.39 is 18.6 Å². The van der Waals surface area contributed by atoms with E-state index in [4.69, 9.17) is 0 Å². The smallest absolute Gasteiger partial charge is 0.405 e. The third-order valence-electron chi connectivity index (χ3n) is 10.3. The Kier molecular flexibility index (Phi) is 10.8. The summed E-state index contributed by atoms with van der Waals surface area (Å²) >= 11 is 0. The number of rotatable bonds is 9. The average Bonchev–Trinajstić information content (AvgIpc) is 3.74. The van der Waals surface area contributed by atoms with Crippen LogP contribution in [0.5, 0.6) is 5.75 Å². The number of piperidine rings is 1. The van der Waals surface area contributed by atoms with Crippen molar-refractivity contribution in [2.75, 3.05) is 66.0 Å². The Morgan fingerprint density at radius 1 is 0.940 bits per heavy atom. The Labute approximate surface area is 291 Å². The fraction of sp³-hybridized carbons (Fsp3) is 0.556. The van der Waals surface area contributed by atoms with Crippen LogP contribution in [0.2, 0.25) is 0 Å². The molecule has 1 aromatic heterocycles. The Balaban J connectivity index is 1.10. The average molecular weight is 697 g/mol. The van der Waals surface area contributed by atoms with E-state index in [1.54, 1.807) is 24.3 Å². The Bertz CT molecular complexity index is 1640. The van der Waals surface area contributed by atoms with Crippen molar-refractivity contribution in [1.29, 1.82) is 0 Å². The molecule has 50 heavy (non-hydrogen) atoms. The molecule has 3 fully saturated rings. The lowest BCUT2D eigenvalue weighted by Crippen LogP contribution is -2.52. The molecule has 0 spiro atoms. The minimum Gasteiger partial charge on any atom is -0.508 e. The molecule has 3 saturated heterocycles. The number of nitrogens with zero attached hydrogens (tertiary/aromatic N) is 7. The lowest BCUT2D eigenvalue weighted by Gasteiger charge is -2.39. The van der Waals surface area contributed by atoms with Gasteiger partial charge in [0, 0.05) is 62.5 Å². The highest BCUT2D eigenvalue weighted by Gasteiger charge is 2.34. The topological polar surface area (TPSA) is 110 Å². The molecule has 2 aromatic carbocycles. The first-order chi connectivity index (χ1) is 23.9. The molecule has 1 atom stereocenters. The molecular formula is C36H47F3N8O3. The van der Waals surface area contributed by atoms with Crippen molar-refractivity contribution in [2.45, 2.75) is 57.8 Å². The van der Waals surface area contributed by atoms with Crippen molar-refractivity contribution < 1.29 is 27.9 Å². The second-order valence-corrected chi connectivity index (χ2v) is 14.2. The van der Waals surface area contributed by atoms with Crippen LogP contribution in [0.4, 0.5) is 13.2 Å². The summed E-state index contributed by atoms with van der Waals surface area (Å²) in [4.78, 5) is 35.6. The van der Waals surface area contributed by atoms with Gasteiger partial charge < -0.3 is 20.2 Å². The number of aromatic nitrogens is 3. The molecule has 2 amide bonds. The van der Waals surface area contributed by atoms with E-state index in [0.29, 0.717) is 42.5 Å². The zero-order chi connectivity index (χ0) is 35.6. The van der Waals surface area contributed by atoms with Gasteiger partial charge in [-0.25, -0.2) is 0 Å². The van der Waals surface area contributed by atoms with Crippen molar-refractivity contribution >= 4 is 11.8 Å². The lowest BCUT2D eigenvalue weighted by atomic mass is 9.93. The first-order valence-electron chi connectivity index (χ1n) is 17.5. The van der Waals surface area contributed by atoms with E-state index in [0.717, 1.165) is 57.7 Å². The summed E-state index contributed by atoms with van der Waals surface area (Å²) in [6, 6.07) is 13.0. The number of alkyl halides is 3. The number of likely N-dealkylation sites (tertiary alicyclic amines) is 2. The van der Waals surface area contributed by atoms with Crippen molar-refractivity contribution in [1.82, 2.24) is 39.7 Å². The summed E-state index contributed by atoms with van der Waals surface area (Å²) in [5.41, 5.74) is 2.74. The first-order valence-corrected chi connectivity index (χ1v) is 17.5. The fourth-order valence-corrected chi connectivity index (χ4v) is 7.39. The molecule has 3 aliphatic rings. The molecule has 14 heteroatoms. The minimum atomic E-state index is -4.59. The molecule has 4 heterocycles. The highest BCUT2D eigenvalue weighted by molar-refractivity contribution is 5.92. The van der Waals surface area contributed by atoms with Crippen molar-refractivity contribution in [3.63, 3.8) is 0 Å². The molecule has 0 aliphatic carbocycles. The number of amides is 2. The van der Waals surface area contributed by atoms with Crippen LogP contribution in [0.3, 0.4) is 0 Å². The second kappa shape index (κ2) is 15.1. The first kappa shape index (κ1) is 35.8. The van der Waals surface area contributed by atoms with Crippen LogP contribution in [-0.2, 0) is 11.3 Å². The number of hydrogen-bond acceptors (Lipinski definition) is 8. The molecular weight excluding hydrogens is 649 g/mol. The number of nitrogens with one attached hydrogen (secondary N) is 1. The van der Waals surface area contributed by atoms with Gasteiger partial charge in [0.2, 0.25) is 11.7 Å². The van der Waals surface area contributed by atoms with Crippen LogP contribution < -0.4 is 5.32 Å². The lowest BCUT2D eigenvalue weighted by molar-refractivity contribution is -0.139. The third-order valence-corrected chi connectivity index (χ3v) is 10.3. The van der Waals surface area contributed by atoms with Gasteiger partial charge in [0.05, 0.1) is 0 Å². The molecule has 6 rings (SSSR count). The Morgan fingerprint density at radius 2 is 1.64 bits per heavy atom. The van der Waals surface area contributed by atoms with Crippen LogP contribution in [-0.4, -0.2) is 129 Å². The maximum absolute atomic E-state index is 13.4. The predicted molar refractivity (Wildman–Crippen MR) is 183 cm³/mol. The van der Waals surface area contributed by atoms with Gasteiger partial charge in [0.25, 0.3) is 5.91 Å². The van der Waals surface area contributed by atoms with E-state index in [2.05, 4.69) is 31.9 Å². The van der Waals surface area contributed by atoms with Crippen molar-refractivity contribution in [3.05, 3.63) is 59.4 Å². The number of phenolic OH excluding ortho intramolecular Hbond substituents is 1. The van der Waals surface area contributed by atoms with Crippen LogP contribution in [0, 0.1) is 5.92 Å². The van der Waals surface area contributed by atoms with Gasteiger partial charge in [0.15, 0.2) is 5.82 Å². The quantitative estimate of drug-likeness (QED) is 0.344. The number of carbonyl (C=O) groups is 2. The number of benzene rings is 2. The van der Waals surface area contributed by atoms with Crippen LogP contribution in [0.25, 0.3) is 17.1 Å². The Hall–Kier alpha value is -4.01. The molecule has 270 valence electrons. The second-order valence-electron chi connectivity index (χ2n) is 14.2. The van der Waals surface area contributed by atoms with E-state index >= 15 is 0 Å².